The summed E-state index contributed by atoms with van der Waals surface area (Å²) >= 11 is 0. The lowest BCUT2D eigenvalue weighted by molar-refractivity contribution is -0.123. The van der Waals surface area contributed by atoms with Gasteiger partial charge in [-0.1, -0.05) is 6.07 Å². The predicted molar refractivity (Wildman–Crippen MR) is 72.8 cm³/mol. The molecule has 1 aromatic rings. The molecule has 2 atom stereocenters. The number of aryl methyl sites for hydroxylation is 1. The first-order chi connectivity index (χ1) is 9.72. The molecule has 3 rings (SSSR count). The van der Waals surface area contributed by atoms with Crippen LogP contribution in [0.1, 0.15) is 30.0 Å². The Morgan fingerprint density at radius 1 is 1.50 bits per heavy atom. The number of carbonyl (C=O) groups is 1. The van der Waals surface area contributed by atoms with Gasteiger partial charge >= 0.3 is 0 Å². The Labute approximate surface area is 117 Å². The van der Waals surface area contributed by atoms with Crippen molar-refractivity contribution in [1.29, 1.82) is 0 Å². The number of ether oxygens (including phenoxy) is 1. The van der Waals surface area contributed by atoms with Crippen LogP contribution in [0, 0.1) is 5.82 Å². The summed E-state index contributed by atoms with van der Waals surface area (Å²) in [5.74, 6) is -0.186. The third-order valence-corrected chi connectivity index (χ3v) is 3.95. The Kier molecular flexibility index (Phi) is 3.98. The lowest BCUT2D eigenvalue weighted by Crippen LogP contribution is -2.44. The zero-order valence-corrected chi connectivity index (χ0v) is 11.3. The molecule has 4 nitrogen and oxygen atoms in total. The van der Waals surface area contributed by atoms with Gasteiger partial charge in [0.25, 0.3) is 0 Å². The number of hydrogen-bond donors (Lipinski definition) is 2. The Bertz CT molecular complexity index is 501. The van der Waals surface area contributed by atoms with Crippen LogP contribution in [0.15, 0.2) is 18.2 Å². The molecule has 1 fully saturated rings. The highest BCUT2D eigenvalue weighted by molar-refractivity contribution is 5.77. The summed E-state index contributed by atoms with van der Waals surface area (Å²) in [6.45, 7) is 2.09. The van der Waals surface area contributed by atoms with Crippen molar-refractivity contribution in [3.63, 3.8) is 0 Å². The van der Waals surface area contributed by atoms with Crippen molar-refractivity contribution in [3.05, 3.63) is 35.1 Å². The van der Waals surface area contributed by atoms with E-state index in [1.54, 1.807) is 12.1 Å². The minimum Gasteiger partial charge on any atom is -0.378 e. The highest BCUT2D eigenvalue weighted by Gasteiger charge is 2.25. The van der Waals surface area contributed by atoms with E-state index in [4.69, 9.17) is 4.74 Å². The van der Waals surface area contributed by atoms with E-state index in [0.717, 1.165) is 30.5 Å². The van der Waals surface area contributed by atoms with E-state index in [1.807, 2.05) is 0 Å². The average molecular weight is 278 g/mol. The Morgan fingerprint density at radius 3 is 3.20 bits per heavy atom. The largest absolute Gasteiger partial charge is 0.378 e. The van der Waals surface area contributed by atoms with Gasteiger partial charge in [0.1, 0.15) is 5.82 Å². The summed E-state index contributed by atoms with van der Waals surface area (Å²) < 4.78 is 18.5. The fourth-order valence-corrected chi connectivity index (χ4v) is 2.96. The van der Waals surface area contributed by atoms with Gasteiger partial charge in [-0.3, -0.25) is 4.79 Å². The van der Waals surface area contributed by atoms with E-state index in [-0.39, 0.29) is 23.8 Å². The number of nitrogens with one attached hydrogen (secondary N) is 2. The number of morpholine rings is 1. The second kappa shape index (κ2) is 5.89. The molecule has 5 heteroatoms. The van der Waals surface area contributed by atoms with Crippen molar-refractivity contribution in [2.75, 3.05) is 19.8 Å². The summed E-state index contributed by atoms with van der Waals surface area (Å²) in [5, 5.41) is 6.31. The van der Waals surface area contributed by atoms with E-state index in [0.29, 0.717) is 19.6 Å². The summed E-state index contributed by atoms with van der Waals surface area (Å²) in [6, 6.07) is 4.92. The van der Waals surface area contributed by atoms with Crippen LogP contribution in [0.2, 0.25) is 0 Å². The van der Waals surface area contributed by atoms with Crippen LogP contribution in [0.25, 0.3) is 0 Å². The van der Waals surface area contributed by atoms with E-state index < -0.39 is 0 Å². The zero-order chi connectivity index (χ0) is 13.9. The molecule has 0 aromatic heterocycles. The maximum atomic E-state index is 13.2. The van der Waals surface area contributed by atoms with Crippen molar-refractivity contribution in [3.8, 4) is 0 Å². The highest BCUT2D eigenvalue weighted by atomic mass is 19.1. The monoisotopic (exact) mass is 278 g/mol. The van der Waals surface area contributed by atoms with Crippen LogP contribution in [0.3, 0.4) is 0 Å². The summed E-state index contributed by atoms with van der Waals surface area (Å²) in [6.07, 6.45) is 2.09. The van der Waals surface area contributed by atoms with Gasteiger partial charge in [-0.25, -0.2) is 4.39 Å². The van der Waals surface area contributed by atoms with Crippen LogP contribution >= 0.6 is 0 Å². The van der Waals surface area contributed by atoms with E-state index in [9.17, 15) is 9.18 Å². The third-order valence-electron chi connectivity index (χ3n) is 3.95. The van der Waals surface area contributed by atoms with Crippen LogP contribution in [-0.4, -0.2) is 31.7 Å². The van der Waals surface area contributed by atoms with Gasteiger partial charge in [0.2, 0.25) is 5.91 Å². The second-order valence-corrected chi connectivity index (χ2v) is 5.43. The number of rotatable bonds is 3. The lowest BCUT2D eigenvalue weighted by Gasteiger charge is -2.24. The Balaban J connectivity index is 1.58. The van der Waals surface area contributed by atoms with Gasteiger partial charge in [0.15, 0.2) is 0 Å². The minimum atomic E-state index is -0.209. The van der Waals surface area contributed by atoms with E-state index in [2.05, 4.69) is 10.6 Å². The lowest BCUT2D eigenvalue weighted by atomic mass is 10.1. The molecular formula is C15H19FN2O2. The molecule has 20 heavy (non-hydrogen) atoms. The molecule has 0 saturated carbocycles. The maximum Gasteiger partial charge on any atom is 0.222 e. The molecule has 0 spiro atoms. The first-order valence-corrected chi connectivity index (χ1v) is 7.11. The van der Waals surface area contributed by atoms with E-state index >= 15 is 0 Å². The molecular weight excluding hydrogens is 259 g/mol. The first kappa shape index (κ1) is 13.5. The quantitative estimate of drug-likeness (QED) is 0.876. The Morgan fingerprint density at radius 2 is 2.40 bits per heavy atom. The molecule has 0 bridgehead atoms. The molecule has 1 amide bonds. The number of carbonyl (C=O) groups excluding carboxylic acids is 1. The van der Waals surface area contributed by atoms with Gasteiger partial charge in [0, 0.05) is 19.0 Å². The van der Waals surface area contributed by atoms with Crippen molar-refractivity contribution < 1.29 is 13.9 Å². The number of fused-ring (bicyclic) bond motifs is 1. The molecule has 108 valence electrons. The summed E-state index contributed by atoms with van der Waals surface area (Å²) in [5.41, 5.74) is 2.06. The second-order valence-electron chi connectivity index (χ2n) is 5.43. The standard InChI is InChI=1S/C15H19FN2O2/c16-11-2-3-13-10(7-11)1-4-14(13)18-15(19)8-12-9-20-6-5-17-12/h2-3,7,12,14,17H,1,4-6,8-9H2,(H,18,19). The molecule has 1 aliphatic heterocycles. The average Bonchev–Trinajstić information content (AvgIpc) is 2.82. The van der Waals surface area contributed by atoms with Crippen LogP contribution in [-0.2, 0) is 16.0 Å². The third kappa shape index (κ3) is 2.99. The minimum absolute atomic E-state index is 0.0163. The van der Waals surface area contributed by atoms with Crippen molar-refractivity contribution in [2.24, 2.45) is 0 Å². The van der Waals surface area contributed by atoms with Gasteiger partial charge < -0.3 is 15.4 Å². The SMILES string of the molecule is O=C(CC1COCCN1)NC1CCc2cc(F)ccc21. The van der Waals surface area contributed by atoms with Crippen molar-refractivity contribution in [2.45, 2.75) is 31.3 Å². The van der Waals surface area contributed by atoms with Gasteiger partial charge in [-0.2, -0.15) is 0 Å². The normalized spacial score (nSPS) is 25.2. The van der Waals surface area contributed by atoms with E-state index in [1.165, 1.54) is 6.07 Å². The fraction of sp³-hybridized carbons (Fsp3) is 0.533. The summed E-state index contributed by atoms with van der Waals surface area (Å²) in [4.78, 5) is 12.1. The number of halogens is 1. The summed E-state index contributed by atoms with van der Waals surface area (Å²) in [7, 11) is 0. The molecule has 1 aromatic carbocycles. The van der Waals surface area contributed by atoms with Crippen molar-refractivity contribution >= 4 is 5.91 Å². The van der Waals surface area contributed by atoms with Crippen LogP contribution < -0.4 is 10.6 Å². The topological polar surface area (TPSA) is 50.4 Å². The number of amides is 1. The van der Waals surface area contributed by atoms with Gasteiger partial charge in [-0.15, -0.1) is 0 Å². The van der Waals surface area contributed by atoms with Gasteiger partial charge in [0.05, 0.1) is 19.3 Å². The predicted octanol–water partition coefficient (Wildman–Crippen LogP) is 1.31. The molecule has 2 N–H and O–H groups in total. The van der Waals surface area contributed by atoms with Crippen LogP contribution in [0.4, 0.5) is 4.39 Å². The number of benzene rings is 1. The fourth-order valence-electron chi connectivity index (χ4n) is 2.96. The van der Waals surface area contributed by atoms with Gasteiger partial charge in [-0.05, 0) is 36.1 Å². The highest BCUT2D eigenvalue weighted by Crippen LogP contribution is 2.31. The molecule has 2 aliphatic rings. The van der Waals surface area contributed by atoms with Crippen molar-refractivity contribution in [1.82, 2.24) is 10.6 Å². The Hall–Kier alpha value is -1.46. The molecule has 1 saturated heterocycles. The number of hydrogen-bond acceptors (Lipinski definition) is 3. The smallest absolute Gasteiger partial charge is 0.222 e. The molecule has 2 unspecified atom stereocenters. The molecule has 0 radical (unpaired) electrons. The van der Waals surface area contributed by atoms with Crippen LogP contribution in [0.5, 0.6) is 0 Å². The molecule has 1 heterocycles. The first-order valence-electron chi connectivity index (χ1n) is 7.11. The zero-order valence-electron chi connectivity index (χ0n) is 11.3. The maximum absolute atomic E-state index is 13.2. The molecule has 1 aliphatic carbocycles.